The number of benzene rings is 1. The van der Waals surface area contributed by atoms with E-state index >= 15 is 0 Å². The van der Waals surface area contributed by atoms with Gasteiger partial charge in [0.1, 0.15) is 5.75 Å². The van der Waals surface area contributed by atoms with Crippen molar-refractivity contribution < 1.29 is 4.74 Å². The summed E-state index contributed by atoms with van der Waals surface area (Å²) in [6.07, 6.45) is 6.02. The molecule has 21 heavy (non-hydrogen) atoms. The number of hydrogen-bond acceptors (Lipinski definition) is 2. The Labute approximate surface area is 135 Å². The van der Waals surface area contributed by atoms with Crippen molar-refractivity contribution in [2.45, 2.75) is 58.9 Å². The second-order valence-corrected chi connectivity index (χ2v) is 6.06. The van der Waals surface area contributed by atoms with Crippen LogP contribution in [-0.4, -0.2) is 13.7 Å². The summed E-state index contributed by atoms with van der Waals surface area (Å²) in [7, 11) is 1.68. The number of hydrogen-bond donors (Lipinski definition) is 1. The molecule has 0 amide bonds. The Hall–Kier alpha value is -0.730. The van der Waals surface area contributed by atoms with Gasteiger partial charge in [0.05, 0.1) is 7.11 Å². The topological polar surface area (TPSA) is 21.3 Å². The third-order valence-electron chi connectivity index (χ3n) is 3.95. The monoisotopic (exact) mass is 311 g/mol. The minimum absolute atomic E-state index is 0.336. The predicted molar refractivity (Wildman–Crippen MR) is 92.3 cm³/mol. The van der Waals surface area contributed by atoms with E-state index in [9.17, 15) is 0 Å². The summed E-state index contributed by atoms with van der Waals surface area (Å²) in [6, 6.07) is 6.39. The van der Waals surface area contributed by atoms with Gasteiger partial charge in [-0.2, -0.15) is 0 Å². The molecule has 2 nitrogen and oxygen atoms in total. The second kappa shape index (κ2) is 10.1. The zero-order chi connectivity index (χ0) is 15.7. The van der Waals surface area contributed by atoms with E-state index in [2.05, 4.69) is 32.2 Å². The molecule has 0 saturated carbocycles. The van der Waals surface area contributed by atoms with Gasteiger partial charge in [-0.15, -0.1) is 0 Å². The normalized spacial score (nSPS) is 12.7. The molecule has 0 aliphatic rings. The van der Waals surface area contributed by atoms with Gasteiger partial charge in [0.2, 0.25) is 0 Å². The Morgan fingerprint density at radius 1 is 1.10 bits per heavy atom. The Morgan fingerprint density at radius 3 is 2.24 bits per heavy atom. The molecule has 3 heteroatoms. The van der Waals surface area contributed by atoms with Gasteiger partial charge in [-0.3, -0.25) is 0 Å². The fourth-order valence-corrected chi connectivity index (χ4v) is 3.22. The molecule has 0 aromatic heterocycles. The molecular weight excluding hydrogens is 282 g/mol. The molecule has 1 atom stereocenters. The Morgan fingerprint density at radius 2 is 1.76 bits per heavy atom. The van der Waals surface area contributed by atoms with Crippen LogP contribution in [0.25, 0.3) is 0 Å². The van der Waals surface area contributed by atoms with E-state index in [0.29, 0.717) is 12.0 Å². The molecule has 0 saturated heterocycles. The largest absolute Gasteiger partial charge is 0.497 e. The van der Waals surface area contributed by atoms with Crippen molar-refractivity contribution in [3.05, 3.63) is 28.8 Å². The highest BCUT2D eigenvalue weighted by molar-refractivity contribution is 6.31. The molecule has 0 heterocycles. The van der Waals surface area contributed by atoms with Gasteiger partial charge in [-0.1, -0.05) is 51.3 Å². The number of ether oxygens (including phenoxy) is 1. The van der Waals surface area contributed by atoms with Crippen LogP contribution in [0.3, 0.4) is 0 Å². The number of nitrogens with one attached hydrogen (secondary N) is 1. The molecule has 1 N–H and O–H groups in total. The maximum Gasteiger partial charge on any atom is 0.120 e. The summed E-state index contributed by atoms with van der Waals surface area (Å²) in [5.41, 5.74) is 1.21. The van der Waals surface area contributed by atoms with Crippen molar-refractivity contribution in [1.29, 1.82) is 0 Å². The van der Waals surface area contributed by atoms with Crippen molar-refractivity contribution in [2.24, 2.45) is 5.92 Å². The molecular formula is C18H30ClNO. The molecule has 0 aliphatic heterocycles. The Balaban J connectivity index is 3.04. The van der Waals surface area contributed by atoms with Crippen LogP contribution in [-0.2, 0) is 0 Å². The Kier molecular flexibility index (Phi) is 8.79. The maximum absolute atomic E-state index is 6.51. The summed E-state index contributed by atoms with van der Waals surface area (Å²) in [6.45, 7) is 7.75. The standard InChI is InChI=1S/C18H30ClNO/c1-5-8-14(9-6-2)18(20-12-7-3)16-11-10-15(21-4)13-17(16)19/h10-11,13-14,18,20H,5-9,12H2,1-4H3. The first-order valence-corrected chi connectivity index (χ1v) is 8.62. The summed E-state index contributed by atoms with van der Waals surface area (Å²) >= 11 is 6.51. The molecule has 0 bridgehead atoms. The minimum Gasteiger partial charge on any atom is -0.497 e. The average Bonchev–Trinajstić information content (AvgIpc) is 2.49. The number of methoxy groups -OCH3 is 1. The zero-order valence-electron chi connectivity index (χ0n) is 13.9. The van der Waals surface area contributed by atoms with Crippen LogP contribution >= 0.6 is 11.6 Å². The third kappa shape index (κ3) is 5.52. The average molecular weight is 312 g/mol. The molecule has 0 radical (unpaired) electrons. The predicted octanol–water partition coefficient (Wildman–Crippen LogP) is 5.61. The first-order chi connectivity index (χ1) is 10.2. The molecule has 0 spiro atoms. The lowest BCUT2D eigenvalue weighted by Crippen LogP contribution is -2.29. The SMILES string of the molecule is CCCNC(c1ccc(OC)cc1Cl)C(CCC)CCC. The number of rotatable bonds is 10. The van der Waals surface area contributed by atoms with Crippen molar-refractivity contribution in [3.8, 4) is 5.75 Å². The van der Waals surface area contributed by atoms with Crippen LogP contribution in [0.4, 0.5) is 0 Å². The van der Waals surface area contributed by atoms with E-state index in [-0.39, 0.29) is 0 Å². The maximum atomic E-state index is 6.51. The lowest BCUT2D eigenvalue weighted by molar-refractivity contribution is 0.316. The molecule has 0 aliphatic carbocycles. The van der Waals surface area contributed by atoms with E-state index in [0.717, 1.165) is 23.7 Å². The lowest BCUT2D eigenvalue weighted by atomic mass is 9.86. The van der Waals surface area contributed by atoms with E-state index in [1.54, 1.807) is 7.11 Å². The molecule has 0 fully saturated rings. The van der Waals surface area contributed by atoms with Crippen LogP contribution in [0.15, 0.2) is 18.2 Å². The fraction of sp³-hybridized carbons (Fsp3) is 0.667. The summed E-state index contributed by atoms with van der Waals surface area (Å²) in [4.78, 5) is 0. The summed E-state index contributed by atoms with van der Waals surface area (Å²) in [5, 5.41) is 4.51. The van der Waals surface area contributed by atoms with Crippen molar-refractivity contribution in [1.82, 2.24) is 5.32 Å². The van der Waals surface area contributed by atoms with E-state index < -0.39 is 0 Å². The van der Waals surface area contributed by atoms with Gasteiger partial charge >= 0.3 is 0 Å². The molecule has 120 valence electrons. The highest BCUT2D eigenvalue weighted by Crippen LogP contribution is 2.35. The lowest BCUT2D eigenvalue weighted by Gasteiger charge is -2.29. The van der Waals surface area contributed by atoms with Crippen LogP contribution in [0.1, 0.15) is 64.5 Å². The number of halogens is 1. The van der Waals surface area contributed by atoms with Crippen LogP contribution in [0.5, 0.6) is 5.75 Å². The van der Waals surface area contributed by atoms with Crippen molar-refractivity contribution in [3.63, 3.8) is 0 Å². The zero-order valence-corrected chi connectivity index (χ0v) is 14.7. The quantitative estimate of drug-likeness (QED) is 0.606. The smallest absolute Gasteiger partial charge is 0.120 e. The third-order valence-corrected chi connectivity index (χ3v) is 4.27. The van der Waals surface area contributed by atoms with Gasteiger partial charge in [0, 0.05) is 11.1 Å². The van der Waals surface area contributed by atoms with Crippen LogP contribution in [0, 0.1) is 5.92 Å². The van der Waals surface area contributed by atoms with Gasteiger partial charge in [0.15, 0.2) is 0 Å². The van der Waals surface area contributed by atoms with Gasteiger partial charge < -0.3 is 10.1 Å². The van der Waals surface area contributed by atoms with Crippen LogP contribution < -0.4 is 10.1 Å². The summed E-state index contributed by atoms with van der Waals surface area (Å²) in [5.74, 6) is 1.46. The van der Waals surface area contributed by atoms with Crippen LogP contribution in [0.2, 0.25) is 5.02 Å². The highest BCUT2D eigenvalue weighted by Gasteiger charge is 2.23. The summed E-state index contributed by atoms with van der Waals surface area (Å²) < 4.78 is 5.26. The van der Waals surface area contributed by atoms with E-state index in [1.807, 2.05) is 12.1 Å². The van der Waals surface area contributed by atoms with Gasteiger partial charge in [-0.05, 0) is 49.4 Å². The van der Waals surface area contributed by atoms with E-state index in [4.69, 9.17) is 16.3 Å². The minimum atomic E-state index is 0.336. The van der Waals surface area contributed by atoms with Crippen molar-refractivity contribution >= 4 is 11.6 Å². The first kappa shape index (κ1) is 18.3. The van der Waals surface area contributed by atoms with Gasteiger partial charge in [-0.25, -0.2) is 0 Å². The second-order valence-electron chi connectivity index (χ2n) is 5.66. The first-order valence-electron chi connectivity index (χ1n) is 8.24. The van der Waals surface area contributed by atoms with Crippen molar-refractivity contribution in [2.75, 3.05) is 13.7 Å². The molecule has 1 aromatic rings. The molecule has 1 rings (SSSR count). The molecule has 1 aromatic carbocycles. The van der Waals surface area contributed by atoms with E-state index in [1.165, 1.54) is 31.2 Å². The highest BCUT2D eigenvalue weighted by atomic mass is 35.5. The Bertz CT molecular complexity index is 402. The fourth-order valence-electron chi connectivity index (χ4n) is 2.94. The van der Waals surface area contributed by atoms with Gasteiger partial charge in [0.25, 0.3) is 0 Å². The molecule has 1 unspecified atom stereocenters.